The number of nitrogens with zero attached hydrogens (tertiary/aromatic N) is 1. The van der Waals surface area contributed by atoms with E-state index in [0.29, 0.717) is 36.4 Å². The molecule has 0 aromatic heterocycles. The second-order valence-electron chi connectivity index (χ2n) is 5.00. The van der Waals surface area contributed by atoms with E-state index in [-0.39, 0.29) is 19.2 Å². The molecule has 1 N–H and O–H groups in total. The van der Waals surface area contributed by atoms with Crippen molar-refractivity contribution >= 4 is 11.9 Å². The molecular formula is C14H15NO5. The van der Waals surface area contributed by atoms with Gasteiger partial charge >= 0.3 is 5.97 Å². The van der Waals surface area contributed by atoms with Gasteiger partial charge in [0.15, 0.2) is 11.5 Å². The van der Waals surface area contributed by atoms with Crippen molar-refractivity contribution in [2.75, 3.05) is 19.9 Å². The molecule has 0 radical (unpaired) electrons. The molecule has 0 aliphatic carbocycles. The first-order valence-electron chi connectivity index (χ1n) is 6.57. The van der Waals surface area contributed by atoms with E-state index < -0.39 is 11.9 Å². The number of fused-ring (bicyclic) bond motifs is 1. The number of likely N-dealkylation sites (tertiary alicyclic amines) is 1. The summed E-state index contributed by atoms with van der Waals surface area (Å²) in [5.41, 5.74) is 0.500. The highest BCUT2D eigenvalue weighted by Crippen LogP contribution is 2.33. The predicted molar refractivity (Wildman–Crippen MR) is 68.8 cm³/mol. The van der Waals surface area contributed by atoms with Crippen molar-refractivity contribution in [3.63, 3.8) is 0 Å². The number of ether oxygens (including phenoxy) is 2. The quantitative estimate of drug-likeness (QED) is 0.883. The zero-order valence-corrected chi connectivity index (χ0v) is 10.9. The minimum atomic E-state index is -0.840. The maximum atomic E-state index is 12.4. The Morgan fingerprint density at radius 3 is 2.85 bits per heavy atom. The molecule has 0 unspecified atom stereocenters. The number of rotatable bonds is 2. The molecule has 1 amide bonds. The first-order chi connectivity index (χ1) is 9.65. The van der Waals surface area contributed by atoms with Crippen LogP contribution in [0.3, 0.4) is 0 Å². The summed E-state index contributed by atoms with van der Waals surface area (Å²) in [7, 11) is 0. The summed E-state index contributed by atoms with van der Waals surface area (Å²) >= 11 is 0. The summed E-state index contributed by atoms with van der Waals surface area (Å²) in [6.07, 6.45) is 1.34. The monoisotopic (exact) mass is 277 g/mol. The summed E-state index contributed by atoms with van der Waals surface area (Å²) < 4.78 is 10.5. The molecule has 2 aliphatic rings. The lowest BCUT2D eigenvalue weighted by Gasteiger charge is -2.30. The summed E-state index contributed by atoms with van der Waals surface area (Å²) in [5.74, 6) is -0.282. The number of piperidine rings is 1. The number of aliphatic carboxylic acids is 1. The molecule has 106 valence electrons. The summed E-state index contributed by atoms with van der Waals surface area (Å²) in [5, 5.41) is 9.06. The molecular weight excluding hydrogens is 262 g/mol. The second-order valence-corrected chi connectivity index (χ2v) is 5.00. The van der Waals surface area contributed by atoms with Crippen LogP contribution >= 0.6 is 0 Å². The Morgan fingerprint density at radius 1 is 1.25 bits per heavy atom. The van der Waals surface area contributed by atoms with E-state index in [2.05, 4.69) is 0 Å². The molecule has 0 saturated carbocycles. The second kappa shape index (κ2) is 5.03. The van der Waals surface area contributed by atoms with Crippen LogP contribution in [0, 0.1) is 5.92 Å². The first-order valence-corrected chi connectivity index (χ1v) is 6.57. The molecule has 1 aromatic carbocycles. The number of carboxylic acid groups (broad SMARTS) is 1. The van der Waals surface area contributed by atoms with Gasteiger partial charge in [0.25, 0.3) is 5.91 Å². The van der Waals surface area contributed by atoms with E-state index in [4.69, 9.17) is 14.6 Å². The predicted octanol–water partition coefficient (Wildman–Crippen LogP) is 1.35. The Hall–Kier alpha value is -2.24. The smallest absolute Gasteiger partial charge is 0.308 e. The molecule has 1 atom stereocenters. The number of hydrogen-bond donors (Lipinski definition) is 1. The average molecular weight is 277 g/mol. The normalized spacial score (nSPS) is 20.8. The molecule has 0 bridgehead atoms. The van der Waals surface area contributed by atoms with E-state index in [9.17, 15) is 9.59 Å². The third-order valence-electron chi connectivity index (χ3n) is 3.68. The Morgan fingerprint density at radius 2 is 2.05 bits per heavy atom. The highest BCUT2D eigenvalue weighted by Gasteiger charge is 2.29. The maximum absolute atomic E-state index is 12.4. The van der Waals surface area contributed by atoms with Crippen LogP contribution in [0.2, 0.25) is 0 Å². The van der Waals surface area contributed by atoms with Gasteiger partial charge in [0, 0.05) is 18.7 Å². The summed E-state index contributed by atoms with van der Waals surface area (Å²) in [6, 6.07) is 5.03. The van der Waals surface area contributed by atoms with Crippen molar-refractivity contribution < 1.29 is 24.2 Å². The SMILES string of the molecule is O=C(O)[C@@H]1CCCN(C(=O)c2ccc3c(c2)OCO3)C1. The fourth-order valence-electron chi connectivity index (χ4n) is 2.58. The molecule has 6 nitrogen and oxygen atoms in total. The standard InChI is InChI=1S/C14H15NO5/c16-13(15-5-1-2-10(7-15)14(17)18)9-3-4-11-12(6-9)20-8-19-11/h3-4,6,10H,1-2,5,7-8H2,(H,17,18)/t10-/m1/s1. The lowest BCUT2D eigenvalue weighted by atomic mass is 9.97. The Bertz CT molecular complexity index is 556. The van der Waals surface area contributed by atoms with Crippen molar-refractivity contribution in [2.24, 2.45) is 5.92 Å². The largest absolute Gasteiger partial charge is 0.481 e. The van der Waals surface area contributed by atoms with Crippen LogP contribution in [0.4, 0.5) is 0 Å². The van der Waals surface area contributed by atoms with Crippen LogP contribution in [0.5, 0.6) is 11.5 Å². The fraction of sp³-hybridized carbons (Fsp3) is 0.429. The van der Waals surface area contributed by atoms with E-state index in [1.54, 1.807) is 23.1 Å². The zero-order valence-electron chi connectivity index (χ0n) is 10.9. The Kier molecular flexibility index (Phi) is 3.22. The number of carbonyl (C=O) groups is 2. The molecule has 1 saturated heterocycles. The van der Waals surface area contributed by atoms with Crippen LogP contribution in [0.1, 0.15) is 23.2 Å². The van der Waals surface area contributed by atoms with Gasteiger partial charge in [0.2, 0.25) is 6.79 Å². The highest BCUT2D eigenvalue weighted by atomic mass is 16.7. The molecule has 20 heavy (non-hydrogen) atoms. The van der Waals surface area contributed by atoms with E-state index >= 15 is 0 Å². The molecule has 1 aromatic rings. The van der Waals surface area contributed by atoms with Crippen LogP contribution in [-0.2, 0) is 4.79 Å². The number of hydrogen-bond acceptors (Lipinski definition) is 4. The van der Waals surface area contributed by atoms with Gasteiger partial charge in [-0.3, -0.25) is 9.59 Å². The molecule has 2 aliphatic heterocycles. The Balaban J connectivity index is 1.76. The molecule has 0 spiro atoms. The number of carboxylic acids is 1. The van der Waals surface area contributed by atoms with Crippen LogP contribution < -0.4 is 9.47 Å². The lowest BCUT2D eigenvalue weighted by Crippen LogP contribution is -2.42. The van der Waals surface area contributed by atoms with E-state index in [0.717, 1.165) is 0 Å². The minimum absolute atomic E-state index is 0.158. The molecule has 2 heterocycles. The fourth-order valence-corrected chi connectivity index (χ4v) is 2.58. The van der Waals surface area contributed by atoms with Crippen LogP contribution in [-0.4, -0.2) is 41.8 Å². The number of amides is 1. The first kappa shape index (κ1) is 12.8. The topological polar surface area (TPSA) is 76.1 Å². The van der Waals surface area contributed by atoms with Gasteiger partial charge in [-0.25, -0.2) is 0 Å². The number of benzene rings is 1. The highest BCUT2D eigenvalue weighted by molar-refractivity contribution is 5.95. The van der Waals surface area contributed by atoms with Gasteiger partial charge in [-0.15, -0.1) is 0 Å². The summed E-state index contributed by atoms with van der Waals surface area (Å²) in [4.78, 5) is 25.0. The van der Waals surface area contributed by atoms with Crippen molar-refractivity contribution in [1.82, 2.24) is 4.90 Å². The van der Waals surface area contributed by atoms with Gasteiger partial charge in [0.05, 0.1) is 5.92 Å². The average Bonchev–Trinajstić information content (AvgIpc) is 2.94. The lowest BCUT2D eigenvalue weighted by molar-refractivity contribution is -0.143. The molecule has 1 fully saturated rings. The van der Waals surface area contributed by atoms with Crippen LogP contribution in [0.15, 0.2) is 18.2 Å². The van der Waals surface area contributed by atoms with Gasteiger partial charge in [-0.2, -0.15) is 0 Å². The minimum Gasteiger partial charge on any atom is -0.481 e. The summed E-state index contributed by atoms with van der Waals surface area (Å²) in [6.45, 7) is 1.03. The molecule has 3 rings (SSSR count). The van der Waals surface area contributed by atoms with Crippen molar-refractivity contribution in [1.29, 1.82) is 0 Å². The van der Waals surface area contributed by atoms with Crippen LogP contribution in [0.25, 0.3) is 0 Å². The maximum Gasteiger partial charge on any atom is 0.308 e. The van der Waals surface area contributed by atoms with Gasteiger partial charge in [-0.05, 0) is 31.0 Å². The number of carbonyl (C=O) groups excluding carboxylic acids is 1. The molecule has 6 heteroatoms. The third kappa shape index (κ3) is 2.29. The van der Waals surface area contributed by atoms with Crippen molar-refractivity contribution in [3.8, 4) is 11.5 Å². The van der Waals surface area contributed by atoms with E-state index in [1.165, 1.54) is 0 Å². The van der Waals surface area contributed by atoms with Gasteiger partial charge < -0.3 is 19.5 Å². The van der Waals surface area contributed by atoms with Gasteiger partial charge in [-0.1, -0.05) is 0 Å². The van der Waals surface area contributed by atoms with E-state index in [1.807, 2.05) is 0 Å². The third-order valence-corrected chi connectivity index (χ3v) is 3.68. The van der Waals surface area contributed by atoms with Crippen molar-refractivity contribution in [3.05, 3.63) is 23.8 Å². The zero-order chi connectivity index (χ0) is 14.1. The van der Waals surface area contributed by atoms with Gasteiger partial charge in [0.1, 0.15) is 0 Å². The Labute approximate surface area is 115 Å². The van der Waals surface area contributed by atoms with Crippen molar-refractivity contribution in [2.45, 2.75) is 12.8 Å².